The summed E-state index contributed by atoms with van der Waals surface area (Å²) < 4.78 is 44.3. The summed E-state index contributed by atoms with van der Waals surface area (Å²) in [6.45, 7) is 5.08. The second kappa shape index (κ2) is 6.86. The summed E-state index contributed by atoms with van der Waals surface area (Å²) in [6.07, 6.45) is -5.47. The molecule has 6 nitrogen and oxygen atoms in total. The van der Waals surface area contributed by atoms with E-state index in [4.69, 9.17) is 10.00 Å². The Labute approximate surface area is 148 Å². The van der Waals surface area contributed by atoms with Crippen LogP contribution in [0.2, 0.25) is 0 Å². The molecule has 9 heteroatoms. The number of carbonyl (C=O) groups is 2. The maximum atomic E-state index is 13.1. The average molecular weight is 369 g/mol. The fourth-order valence-corrected chi connectivity index (χ4v) is 2.56. The van der Waals surface area contributed by atoms with Crippen molar-refractivity contribution >= 4 is 17.7 Å². The quantitative estimate of drug-likeness (QED) is 0.868. The van der Waals surface area contributed by atoms with Crippen molar-refractivity contribution in [3.8, 4) is 6.07 Å². The van der Waals surface area contributed by atoms with Gasteiger partial charge in [0.15, 0.2) is 0 Å². The molecule has 0 aliphatic carbocycles. The average Bonchev–Trinajstić information content (AvgIpc) is 2.84. The summed E-state index contributed by atoms with van der Waals surface area (Å²) in [5.74, 6) is -0.427. The van der Waals surface area contributed by atoms with Crippen LogP contribution in [-0.2, 0) is 15.7 Å². The molecule has 1 aromatic carbocycles. The minimum Gasteiger partial charge on any atom is -0.444 e. The lowest BCUT2D eigenvalue weighted by Crippen LogP contribution is -2.40. The fraction of sp³-hybridized carbons (Fsp3) is 0.471. The lowest BCUT2D eigenvalue weighted by Gasteiger charge is -2.22. The molecule has 0 spiro atoms. The molecule has 0 radical (unpaired) electrons. The number of rotatable bonds is 2. The number of halogens is 3. The van der Waals surface area contributed by atoms with Crippen LogP contribution in [0.1, 0.15) is 38.3 Å². The molecule has 1 unspecified atom stereocenters. The van der Waals surface area contributed by atoms with Gasteiger partial charge in [0.25, 0.3) is 0 Å². The zero-order valence-electron chi connectivity index (χ0n) is 14.5. The summed E-state index contributed by atoms with van der Waals surface area (Å²) in [5, 5.41) is 11.4. The Kier molecular flexibility index (Phi) is 5.16. The summed E-state index contributed by atoms with van der Waals surface area (Å²) in [6, 6.07) is 3.99. The molecule has 2 amide bonds. The molecule has 1 N–H and O–H groups in total. The first-order valence-corrected chi connectivity index (χ1v) is 7.82. The van der Waals surface area contributed by atoms with Crippen molar-refractivity contribution in [3.63, 3.8) is 0 Å². The van der Waals surface area contributed by atoms with Gasteiger partial charge in [0.2, 0.25) is 5.91 Å². The molecule has 1 aromatic rings. The van der Waals surface area contributed by atoms with Crippen molar-refractivity contribution in [1.29, 1.82) is 5.26 Å². The third kappa shape index (κ3) is 4.65. The Morgan fingerprint density at radius 1 is 1.35 bits per heavy atom. The smallest absolute Gasteiger partial charge is 0.417 e. The number of carbonyl (C=O) groups excluding carboxylic acids is 2. The van der Waals surface area contributed by atoms with E-state index in [-0.39, 0.29) is 18.7 Å². The van der Waals surface area contributed by atoms with Gasteiger partial charge in [-0.1, -0.05) is 0 Å². The van der Waals surface area contributed by atoms with Crippen molar-refractivity contribution in [2.45, 2.75) is 45.0 Å². The molecule has 140 valence electrons. The van der Waals surface area contributed by atoms with Gasteiger partial charge >= 0.3 is 12.3 Å². The van der Waals surface area contributed by atoms with Gasteiger partial charge in [-0.05, 0) is 39.0 Å². The van der Waals surface area contributed by atoms with Gasteiger partial charge in [-0.25, -0.2) is 4.79 Å². The van der Waals surface area contributed by atoms with Gasteiger partial charge in [-0.15, -0.1) is 0 Å². The number of hydrogen-bond acceptors (Lipinski definition) is 4. The molecule has 0 bridgehead atoms. The molecule has 1 atom stereocenters. The largest absolute Gasteiger partial charge is 0.444 e. The number of nitriles is 1. The highest BCUT2D eigenvalue weighted by Crippen LogP contribution is 2.35. The van der Waals surface area contributed by atoms with E-state index in [0.717, 1.165) is 17.0 Å². The Morgan fingerprint density at radius 3 is 2.54 bits per heavy atom. The van der Waals surface area contributed by atoms with Crippen molar-refractivity contribution in [1.82, 2.24) is 5.32 Å². The maximum absolute atomic E-state index is 13.1. The number of alkyl carbamates (subject to hydrolysis) is 1. The highest BCUT2D eigenvalue weighted by atomic mass is 19.4. The van der Waals surface area contributed by atoms with Crippen LogP contribution < -0.4 is 10.2 Å². The second-order valence-electron chi connectivity index (χ2n) is 6.89. The molecule has 0 saturated carbocycles. The molecule has 26 heavy (non-hydrogen) atoms. The van der Waals surface area contributed by atoms with Gasteiger partial charge in [-0.3, -0.25) is 4.79 Å². The zero-order valence-corrected chi connectivity index (χ0v) is 14.5. The van der Waals surface area contributed by atoms with Crippen LogP contribution in [0, 0.1) is 11.3 Å². The predicted octanol–water partition coefficient (Wildman–Crippen LogP) is 3.21. The van der Waals surface area contributed by atoms with Crippen LogP contribution in [-0.4, -0.2) is 30.2 Å². The Balaban J connectivity index is 2.17. The fourth-order valence-electron chi connectivity index (χ4n) is 2.56. The highest BCUT2D eigenvalue weighted by molar-refractivity contribution is 5.96. The van der Waals surface area contributed by atoms with Crippen molar-refractivity contribution in [3.05, 3.63) is 29.3 Å². The van der Waals surface area contributed by atoms with Crippen LogP contribution in [0.15, 0.2) is 18.2 Å². The monoisotopic (exact) mass is 369 g/mol. The molecule has 1 heterocycles. The summed E-state index contributed by atoms with van der Waals surface area (Å²) in [7, 11) is 0. The topological polar surface area (TPSA) is 82.4 Å². The molecule has 0 aromatic heterocycles. The number of anilines is 1. The van der Waals surface area contributed by atoms with E-state index in [9.17, 15) is 22.8 Å². The van der Waals surface area contributed by atoms with Gasteiger partial charge in [-0.2, -0.15) is 18.4 Å². The van der Waals surface area contributed by atoms with E-state index in [2.05, 4.69) is 5.32 Å². The maximum Gasteiger partial charge on any atom is 0.417 e. The molecular formula is C17H18F3N3O3. The van der Waals surface area contributed by atoms with Gasteiger partial charge < -0.3 is 15.0 Å². The molecular weight excluding hydrogens is 351 g/mol. The van der Waals surface area contributed by atoms with E-state index in [1.54, 1.807) is 20.8 Å². The van der Waals surface area contributed by atoms with Crippen LogP contribution in [0.5, 0.6) is 0 Å². The first kappa shape index (κ1) is 19.6. The van der Waals surface area contributed by atoms with Gasteiger partial charge in [0.1, 0.15) is 5.60 Å². The number of hydrogen-bond donors (Lipinski definition) is 1. The van der Waals surface area contributed by atoms with E-state index in [0.29, 0.717) is 0 Å². The number of alkyl halides is 3. The summed E-state index contributed by atoms with van der Waals surface area (Å²) >= 11 is 0. The van der Waals surface area contributed by atoms with Gasteiger partial charge in [0.05, 0.1) is 23.2 Å². The van der Waals surface area contributed by atoms with Crippen LogP contribution in [0.3, 0.4) is 0 Å². The van der Waals surface area contributed by atoms with E-state index in [1.165, 1.54) is 12.1 Å². The first-order chi connectivity index (χ1) is 11.9. The third-order valence-corrected chi connectivity index (χ3v) is 3.59. The minimum absolute atomic E-state index is 0.0152. The first-order valence-electron chi connectivity index (χ1n) is 7.82. The third-order valence-electron chi connectivity index (χ3n) is 3.59. The van der Waals surface area contributed by atoms with E-state index >= 15 is 0 Å². The van der Waals surface area contributed by atoms with Crippen molar-refractivity contribution < 1.29 is 27.5 Å². The van der Waals surface area contributed by atoms with Crippen molar-refractivity contribution in [2.75, 3.05) is 11.4 Å². The Hall–Kier alpha value is -2.76. The SMILES string of the molecule is CC(C)(C)OC(=O)NC1CC(=O)N(c2ccc(C#N)c(C(F)(F)F)c2)C1. The second-order valence-corrected chi connectivity index (χ2v) is 6.89. The molecule has 2 rings (SSSR count). The molecule has 1 fully saturated rings. The normalized spacial score (nSPS) is 17.8. The van der Waals surface area contributed by atoms with E-state index in [1.807, 2.05) is 0 Å². The van der Waals surface area contributed by atoms with Crippen molar-refractivity contribution in [2.24, 2.45) is 0 Å². The zero-order chi connectivity index (χ0) is 19.7. The molecule has 1 aliphatic rings. The number of nitrogens with one attached hydrogen (secondary N) is 1. The number of ether oxygens (including phenoxy) is 1. The van der Waals surface area contributed by atoms with Crippen LogP contribution in [0.4, 0.5) is 23.7 Å². The Morgan fingerprint density at radius 2 is 2.00 bits per heavy atom. The molecule has 1 saturated heterocycles. The number of benzene rings is 1. The number of nitrogens with zero attached hydrogens (tertiary/aromatic N) is 2. The number of amides is 2. The summed E-state index contributed by atoms with van der Waals surface area (Å²) in [5.41, 5.74) is -2.30. The van der Waals surface area contributed by atoms with Crippen LogP contribution >= 0.6 is 0 Å². The van der Waals surface area contributed by atoms with Gasteiger partial charge in [0, 0.05) is 18.7 Å². The minimum atomic E-state index is -4.71. The van der Waals surface area contributed by atoms with E-state index < -0.39 is 40.9 Å². The standard InChI is InChI=1S/C17H18F3N3O3/c1-16(2,3)26-15(25)22-11-6-14(24)23(9-11)12-5-4-10(8-21)13(7-12)17(18,19)20/h4-5,7,11H,6,9H2,1-3H3,(H,22,25). The predicted molar refractivity (Wildman–Crippen MR) is 86.3 cm³/mol. The Bertz CT molecular complexity index is 763. The highest BCUT2D eigenvalue weighted by Gasteiger charge is 2.37. The lowest BCUT2D eigenvalue weighted by atomic mass is 10.1. The molecule has 1 aliphatic heterocycles. The summed E-state index contributed by atoms with van der Waals surface area (Å²) in [4.78, 5) is 25.1. The lowest BCUT2D eigenvalue weighted by molar-refractivity contribution is -0.137. The van der Waals surface area contributed by atoms with Crippen LogP contribution in [0.25, 0.3) is 0 Å².